The first-order valence-corrected chi connectivity index (χ1v) is 11.2. The van der Waals surface area contributed by atoms with Crippen molar-refractivity contribution in [2.45, 2.75) is 38.9 Å². The number of ether oxygens (including phenoxy) is 2. The molecule has 0 radical (unpaired) electrons. The molecule has 30 heavy (non-hydrogen) atoms. The molecule has 0 saturated carbocycles. The van der Waals surface area contributed by atoms with E-state index in [1.807, 2.05) is 0 Å². The topological polar surface area (TPSA) is 106 Å². The van der Waals surface area contributed by atoms with Crippen molar-refractivity contribution in [2.24, 2.45) is 0 Å². The molecule has 0 aromatic carbocycles. The molecule has 0 aliphatic carbocycles. The fourth-order valence-electron chi connectivity index (χ4n) is 4.15. The molecule has 5 heterocycles. The Morgan fingerprint density at radius 2 is 2.03 bits per heavy atom. The highest BCUT2D eigenvalue weighted by molar-refractivity contribution is 7.26. The van der Waals surface area contributed by atoms with Crippen molar-refractivity contribution in [1.29, 1.82) is 0 Å². The van der Waals surface area contributed by atoms with Crippen LogP contribution in [0.4, 0.5) is 11.6 Å². The van der Waals surface area contributed by atoms with Gasteiger partial charge in [-0.2, -0.15) is 0 Å². The Bertz CT molecular complexity index is 1080. The van der Waals surface area contributed by atoms with E-state index in [1.54, 1.807) is 11.3 Å². The molecule has 0 spiro atoms. The van der Waals surface area contributed by atoms with Crippen LogP contribution in [0.3, 0.4) is 0 Å². The lowest BCUT2D eigenvalue weighted by atomic mass is 9.90. The van der Waals surface area contributed by atoms with Crippen LogP contribution in [-0.4, -0.2) is 70.6 Å². The third-order valence-corrected chi connectivity index (χ3v) is 6.74. The predicted molar refractivity (Wildman–Crippen MR) is 116 cm³/mol. The lowest BCUT2D eigenvalue weighted by Gasteiger charge is -2.36. The summed E-state index contributed by atoms with van der Waals surface area (Å²) in [5.41, 5.74) is 3.00. The highest BCUT2D eigenvalue weighted by Crippen LogP contribution is 2.43. The predicted octanol–water partition coefficient (Wildman–Crippen LogP) is 2.12. The lowest BCUT2D eigenvalue weighted by molar-refractivity contribution is -0.0396. The van der Waals surface area contributed by atoms with E-state index < -0.39 is 0 Å². The van der Waals surface area contributed by atoms with E-state index in [2.05, 4.69) is 39.5 Å². The van der Waals surface area contributed by atoms with E-state index >= 15 is 0 Å². The van der Waals surface area contributed by atoms with Gasteiger partial charge in [-0.15, -0.1) is 21.5 Å². The Kier molecular flexibility index (Phi) is 5.18. The first-order valence-electron chi connectivity index (χ1n) is 10.4. The third-order valence-electron chi connectivity index (χ3n) is 5.66. The molecule has 10 heteroatoms. The third kappa shape index (κ3) is 3.47. The molecule has 1 fully saturated rings. The zero-order valence-electron chi connectivity index (χ0n) is 17.3. The van der Waals surface area contributed by atoms with Crippen LogP contribution in [0.25, 0.3) is 20.4 Å². The number of morpholine rings is 1. The number of nitrogens with zero attached hydrogens (tertiary/aromatic N) is 5. The molecular weight excluding hydrogens is 404 g/mol. The zero-order valence-corrected chi connectivity index (χ0v) is 18.1. The maximum absolute atomic E-state index is 9.09. The Labute approximate surface area is 178 Å². The average molecular weight is 431 g/mol. The van der Waals surface area contributed by atoms with Gasteiger partial charge in [-0.1, -0.05) is 0 Å². The maximum atomic E-state index is 9.09. The number of hydrogen-bond acceptors (Lipinski definition) is 10. The number of anilines is 2. The van der Waals surface area contributed by atoms with Crippen molar-refractivity contribution in [3.8, 4) is 0 Å². The molecule has 160 valence electrons. The number of aliphatic hydroxyl groups is 1. The van der Waals surface area contributed by atoms with Gasteiger partial charge in [0, 0.05) is 43.6 Å². The monoisotopic (exact) mass is 430 g/mol. The molecular formula is C20H26N6O3S. The van der Waals surface area contributed by atoms with Gasteiger partial charge in [0.05, 0.1) is 25.4 Å². The second kappa shape index (κ2) is 7.84. The summed E-state index contributed by atoms with van der Waals surface area (Å²) in [5, 5.41) is 26.0. The van der Waals surface area contributed by atoms with Crippen LogP contribution in [0.5, 0.6) is 0 Å². The summed E-state index contributed by atoms with van der Waals surface area (Å²) in [6, 6.07) is 0. The SMILES string of the molecule is CC1(C)Cc2c(c(N3CCOCC3)nc3sc4c(NCCCO)nnnc4c23)CO1. The van der Waals surface area contributed by atoms with Crippen LogP contribution >= 0.6 is 11.3 Å². The van der Waals surface area contributed by atoms with Gasteiger partial charge in [-0.05, 0) is 31.0 Å². The first-order chi connectivity index (χ1) is 14.6. The summed E-state index contributed by atoms with van der Waals surface area (Å²) < 4.78 is 12.7. The van der Waals surface area contributed by atoms with Crippen LogP contribution in [-0.2, 0) is 22.5 Å². The molecule has 1 saturated heterocycles. The highest BCUT2D eigenvalue weighted by atomic mass is 32.1. The number of fused-ring (bicyclic) bond motifs is 5. The molecule has 3 aromatic heterocycles. The van der Waals surface area contributed by atoms with E-state index in [-0.39, 0.29) is 12.2 Å². The van der Waals surface area contributed by atoms with Gasteiger partial charge in [0.15, 0.2) is 5.82 Å². The van der Waals surface area contributed by atoms with Crippen molar-refractivity contribution in [3.05, 3.63) is 11.1 Å². The smallest absolute Gasteiger partial charge is 0.170 e. The summed E-state index contributed by atoms with van der Waals surface area (Å²) in [6.45, 7) is 8.63. The standard InChI is InChI=1S/C20H26N6O3S/c1-20(2)10-12-13(11-29-20)18(26-5-8-28-9-6-26)22-19-14(12)15-16(30-19)17(24-25-23-15)21-4-3-7-27/h27H,3-11H2,1-2H3,(H,21,23,24). The fourth-order valence-corrected chi connectivity index (χ4v) is 5.25. The van der Waals surface area contributed by atoms with E-state index in [1.165, 1.54) is 5.56 Å². The van der Waals surface area contributed by atoms with Crippen molar-refractivity contribution >= 4 is 43.4 Å². The summed E-state index contributed by atoms with van der Waals surface area (Å²) >= 11 is 1.60. The summed E-state index contributed by atoms with van der Waals surface area (Å²) in [6.07, 6.45) is 1.44. The van der Waals surface area contributed by atoms with Crippen LogP contribution in [0.15, 0.2) is 0 Å². The number of pyridine rings is 1. The van der Waals surface area contributed by atoms with Crippen molar-refractivity contribution < 1.29 is 14.6 Å². The van der Waals surface area contributed by atoms with E-state index in [0.29, 0.717) is 38.6 Å². The van der Waals surface area contributed by atoms with Crippen molar-refractivity contribution in [2.75, 3.05) is 49.7 Å². The van der Waals surface area contributed by atoms with E-state index in [9.17, 15) is 0 Å². The van der Waals surface area contributed by atoms with Crippen LogP contribution in [0, 0.1) is 0 Å². The van der Waals surface area contributed by atoms with Crippen molar-refractivity contribution in [1.82, 2.24) is 20.4 Å². The van der Waals surface area contributed by atoms with Gasteiger partial charge in [-0.25, -0.2) is 4.98 Å². The molecule has 0 bridgehead atoms. The minimum absolute atomic E-state index is 0.133. The first kappa shape index (κ1) is 19.8. The Morgan fingerprint density at radius 3 is 2.83 bits per heavy atom. The van der Waals surface area contributed by atoms with Crippen molar-refractivity contribution in [3.63, 3.8) is 0 Å². The molecule has 0 atom stereocenters. The van der Waals surface area contributed by atoms with Gasteiger partial charge < -0.3 is 24.8 Å². The lowest BCUT2D eigenvalue weighted by Crippen LogP contribution is -2.39. The number of hydrogen-bond donors (Lipinski definition) is 2. The zero-order chi connectivity index (χ0) is 20.7. The fraction of sp³-hybridized carbons (Fsp3) is 0.600. The average Bonchev–Trinajstić information content (AvgIpc) is 3.13. The number of rotatable bonds is 5. The molecule has 5 rings (SSSR count). The second-order valence-electron chi connectivity index (χ2n) is 8.32. The summed E-state index contributed by atoms with van der Waals surface area (Å²) in [4.78, 5) is 8.34. The van der Waals surface area contributed by atoms with Gasteiger partial charge >= 0.3 is 0 Å². The molecule has 2 aliphatic heterocycles. The Balaban J connectivity index is 1.70. The van der Waals surface area contributed by atoms with Gasteiger partial charge in [-0.3, -0.25) is 0 Å². The molecule has 2 N–H and O–H groups in total. The molecule has 0 unspecified atom stereocenters. The van der Waals surface area contributed by atoms with E-state index in [0.717, 1.165) is 51.3 Å². The van der Waals surface area contributed by atoms with Gasteiger partial charge in [0.2, 0.25) is 0 Å². The van der Waals surface area contributed by atoms with Gasteiger partial charge in [0.1, 0.15) is 20.9 Å². The normalized spacial score (nSPS) is 18.7. The number of aliphatic hydroxyl groups excluding tert-OH is 1. The molecule has 2 aliphatic rings. The largest absolute Gasteiger partial charge is 0.396 e. The Morgan fingerprint density at radius 1 is 1.20 bits per heavy atom. The quantitative estimate of drug-likeness (QED) is 0.589. The molecule has 9 nitrogen and oxygen atoms in total. The maximum Gasteiger partial charge on any atom is 0.170 e. The Hall–Kier alpha value is -2.14. The van der Waals surface area contributed by atoms with Crippen LogP contribution < -0.4 is 10.2 Å². The summed E-state index contributed by atoms with van der Waals surface area (Å²) in [5.74, 6) is 1.70. The minimum atomic E-state index is -0.250. The van der Waals surface area contributed by atoms with Crippen LogP contribution in [0.1, 0.15) is 31.4 Å². The van der Waals surface area contributed by atoms with E-state index in [4.69, 9.17) is 19.6 Å². The molecule has 3 aromatic rings. The minimum Gasteiger partial charge on any atom is -0.396 e. The van der Waals surface area contributed by atoms with Crippen LogP contribution in [0.2, 0.25) is 0 Å². The number of thiophene rings is 1. The second-order valence-corrected chi connectivity index (χ2v) is 9.32. The number of aromatic nitrogens is 4. The summed E-state index contributed by atoms with van der Waals surface area (Å²) in [7, 11) is 0. The highest BCUT2D eigenvalue weighted by Gasteiger charge is 2.33. The molecule has 0 amide bonds. The van der Waals surface area contributed by atoms with Gasteiger partial charge in [0.25, 0.3) is 0 Å². The number of nitrogens with one attached hydrogen (secondary N) is 1.